The van der Waals surface area contributed by atoms with E-state index in [9.17, 15) is 9.59 Å². The summed E-state index contributed by atoms with van der Waals surface area (Å²) in [6, 6.07) is 13.3. The second-order valence-electron chi connectivity index (χ2n) is 7.16. The molecule has 1 saturated heterocycles. The predicted octanol–water partition coefficient (Wildman–Crippen LogP) is 3.76. The maximum Gasteiger partial charge on any atom is 0.266 e. The van der Waals surface area contributed by atoms with Crippen molar-refractivity contribution in [1.29, 1.82) is 0 Å². The highest BCUT2D eigenvalue weighted by molar-refractivity contribution is 8.00. The fourth-order valence-corrected chi connectivity index (χ4v) is 4.70. The molecule has 1 fully saturated rings. The smallest absolute Gasteiger partial charge is 0.266 e. The molecule has 2 aromatic carbocycles. The molecule has 1 atom stereocenters. The van der Waals surface area contributed by atoms with Gasteiger partial charge in [-0.15, -0.1) is 0 Å². The zero-order valence-corrected chi connectivity index (χ0v) is 16.9. The lowest BCUT2D eigenvalue weighted by atomic mass is 10.1. The molecule has 6 heteroatoms. The van der Waals surface area contributed by atoms with Crippen molar-refractivity contribution in [2.24, 2.45) is 0 Å². The van der Waals surface area contributed by atoms with Gasteiger partial charge in [-0.3, -0.25) is 14.2 Å². The molecule has 1 N–H and O–H groups in total. The van der Waals surface area contributed by atoms with Gasteiger partial charge in [0.15, 0.2) is 5.16 Å². The number of carbonyl (C=O) groups is 1. The summed E-state index contributed by atoms with van der Waals surface area (Å²) < 4.78 is 1.67. The molecule has 0 aliphatic carbocycles. The van der Waals surface area contributed by atoms with Gasteiger partial charge in [0, 0.05) is 6.54 Å². The monoisotopic (exact) mass is 393 g/mol. The summed E-state index contributed by atoms with van der Waals surface area (Å²) in [7, 11) is 0. The van der Waals surface area contributed by atoms with E-state index in [1.165, 1.54) is 11.8 Å². The quantitative estimate of drug-likeness (QED) is 0.688. The molecule has 1 amide bonds. The minimum Gasteiger partial charge on any atom is -0.355 e. The van der Waals surface area contributed by atoms with Crippen molar-refractivity contribution in [3.8, 4) is 5.69 Å². The number of fused-ring (bicyclic) bond motifs is 1. The van der Waals surface area contributed by atoms with Crippen LogP contribution in [0.2, 0.25) is 0 Å². The highest BCUT2D eigenvalue weighted by Crippen LogP contribution is 2.30. The summed E-state index contributed by atoms with van der Waals surface area (Å²) in [6.45, 7) is 4.76. The summed E-state index contributed by atoms with van der Waals surface area (Å²) in [5, 5.41) is 3.88. The SMILES string of the molecule is Cc1cccc(-n2c(SC3CCCCNC3=O)nc3ccccc3c2=O)c1C. The van der Waals surface area contributed by atoms with Gasteiger partial charge in [-0.25, -0.2) is 4.98 Å². The standard InChI is InChI=1S/C22H23N3O2S/c1-14-8-7-11-18(15(14)2)25-21(27)16-9-3-4-10-17(16)24-22(25)28-19-12-5-6-13-23-20(19)26/h3-4,7-11,19H,5-6,12-13H2,1-2H3,(H,23,26). The van der Waals surface area contributed by atoms with Crippen LogP contribution in [0.4, 0.5) is 0 Å². The number of rotatable bonds is 3. The third kappa shape index (κ3) is 3.44. The number of para-hydroxylation sites is 1. The highest BCUT2D eigenvalue weighted by Gasteiger charge is 2.25. The largest absolute Gasteiger partial charge is 0.355 e. The number of nitrogens with zero attached hydrogens (tertiary/aromatic N) is 2. The van der Waals surface area contributed by atoms with Crippen LogP contribution in [0.3, 0.4) is 0 Å². The minimum atomic E-state index is -0.244. The van der Waals surface area contributed by atoms with E-state index in [4.69, 9.17) is 4.98 Å². The van der Waals surface area contributed by atoms with Crippen LogP contribution in [0, 0.1) is 13.8 Å². The number of nitrogens with one attached hydrogen (secondary N) is 1. The van der Waals surface area contributed by atoms with E-state index in [-0.39, 0.29) is 16.7 Å². The van der Waals surface area contributed by atoms with E-state index < -0.39 is 0 Å². The first-order chi connectivity index (χ1) is 13.6. The lowest BCUT2D eigenvalue weighted by Crippen LogP contribution is -2.32. The van der Waals surface area contributed by atoms with Crippen molar-refractivity contribution in [2.45, 2.75) is 43.5 Å². The first-order valence-corrected chi connectivity index (χ1v) is 10.5. The Labute approximate surface area is 168 Å². The van der Waals surface area contributed by atoms with Crippen LogP contribution in [-0.4, -0.2) is 27.3 Å². The number of aryl methyl sites for hydroxylation is 1. The number of benzene rings is 2. The van der Waals surface area contributed by atoms with Gasteiger partial charge in [0.25, 0.3) is 5.56 Å². The number of hydrogen-bond acceptors (Lipinski definition) is 4. The maximum atomic E-state index is 13.4. The van der Waals surface area contributed by atoms with E-state index in [1.54, 1.807) is 10.6 Å². The lowest BCUT2D eigenvalue weighted by molar-refractivity contribution is -0.120. The lowest BCUT2D eigenvalue weighted by Gasteiger charge is -2.19. The Bertz CT molecular complexity index is 1110. The topological polar surface area (TPSA) is 64.0 Å². The molecule has 144 valence electrons. The van der Waals surface area contributed by atoms with E-state index in [0.717, 1.165) is 36.1 Å². The Morgan fingerprint density at radius 1 is 1.07 bits per heavy atom. The Kier molecular flexibility index (Phi) is 5.22. The molecule has 1 aromatic heterocycles. The normalized spacial score (nSPS) is 17.4. The number of carbonyl (C=O) groups excluding carboxylic acids is 1. The number of aromatic nitrogens is 2. The van der Waals surface area contributed by atoms with Crippen LogP contribution in [0.15, 0.2) is 52.4 Å². The van der Waals surface area contributed by atoms with Gasteiger partial charge in [-0.2, -0.15) is 0 Å². The highest BCUT2D eigenvalue weighted by atomic mass is 32.2. The van der Waals surface area contributed by atoms with E-state index in [0.29, 0.717) is 22.6 Å². The zero-order chi connectivity index (χ0) is 19.7. The van der Waals surface area contributed by atoms with Gasteiger partial charge in [0.2, 0.25) is 5.91 Å². The van der Waals surface area contributed by atoms with Crippen LogP contribution in [0.5, 0.6) is 0 Å². The summed E-state index contributed by atoms with van der Waals surface area (Å²) in [5.41, 5.74) is 3.52. The predicted molar refractivity (Wildman–Crippen MR) is 113 cm³/mol. The van der Waals surface area contributed by atoms with E-state index in [1.807, 2.05) is 50.2 Å². The molecule has 1 aliphatic rings. The Morgan fingerprint density at radius 2 is 1.89 bits per heavy atom. The third-order valence-electron chi connectivity index (χ3n) is 5.29. The summed E-state index contributed by atoms with van der Waals surface area (Å²) in [6.07, 6.45) is 2.75. The van der Waals surface area contributed by atoms with Crippen LogP contribution in [-0.2, 0) is 4.79 Å². The average molecular weight is 394 g/mol. The number of amides is 1. The molecule has 2 heterocycles. The van der Waals surface area contributed by atoms with Crippen molar-refractivity contribution >= 4 is 28.6 Å². The van der Waals surface area contributed by atoms with Crippen molar-refractivity contribution < 1.29 is 4.79 Å². The number of hydrogen-bond donors (Lipinski definition) is 1. The van der Waals surface area contributed by atoms with Gasteiger partial charge in [-0.1, -0.05) is 42.4 Å². The maximum absolute atomic E-state index is 13.4. The van der Waals surface area contributed by atoms with Gasteiger partial charge in [0.05, 0.1) is 21.8 Å². The molecule has 0 radical (unpaired) electrons. The molecule has 28 heavy (non-hydrogen) atoms. The van der Waals surface area contributed by atoms with Crippen molar-refractivity contribution in [3.63, 3.8) is 0 Å². The molecule has 3 aromatic rings. The van der Waals surface area contributed by atoms with E-state index >= 15 is 0 Å². The minimum absolute atomic E-state index is 0.0254. The Hall–Kier alpha value is -2.60. The Balaban J connectivity index is 1.92. The second-order valence-corrected chi connectivity index (χ2v) is 8.33. The summed E-state index contributed by atoms with van der Waals surface area (Å²) in [5.74, 6) is 0.0254. The van der Waals surface area contributed by atoms with E-state index in [2.05, 4.69) is 5.32 Å². The van der Waals surface area contributed by atoms with Crippen molar-refractivity contribution in [2.75, 3.05) is 6.54 Å². The molecule has 4 rings (SSSR count). The van der Waals surface area contributed by atoms with Crippen LogP contribution >= 0.6 is 11.8 Å². The average Bonchev–Trinajstić information content (AvgIpc) is 2.89. The molecular weight excluding hydrogens is 370 g/mol. The summed E-state index contributed by atoms with van der Waals surface area (Å²) in [4.78, 5) is 30.7. The first-order valence-electron chi connectivity index (χ1n) is 9.59. The molecular formula is C22H23N3O2S. The van der Waals surface area contributed by atoms with Crippen molar-refractivity contribution in [1.82, 2.24) is 14.9 Å². The molecule has 5 nitrogen and oxygen atoms in total. The fourth-order valence-electron chi connectivity index (χ4n) is 3.53. The van der Waals surface area contributed by atoms with Crippen molar-refractivity contribution in [3.05, 3.63) is 63.9 Å². The second kappa shape index (κ2) is 7.80. The summed E-state index contributed by atoms with van der Waals surface area (Å²) >= 11 is 1.39. The van der Waals surface area contributed by atoms with Crippen LogP contribution in [0.1, 0.15) is 30.4 Å². The Morgan fingerprint density at radius 3 is 2.75 bits per heavy atom. The van der Waals surface area contributed by atoms with Gasteiger partial charge < -0.3 is 5.32 Å². The van der Waals surface area contributed by atoms with Crippen LogP contribution < -0.4 is 10.9 Å². The zero-order valence-electron chi connectivity index (χ0n) is 16.1. The van der Waals surface area contributed by atoms with Crippen LogP contribution in [0.25, 0.3) is 16.6 Å². The molecule has 0 spiro atoms. The molecule has 0 saturated carbocycles. The molecule has 1 aliphatic heterocycles. The number of thioether (sulfide) groups is 1. The van der Waals surface area contributed by atoms with Gasteiger partial charge in [-0.05, 0) is 56.0 Å². The first kappa shape index (κ1) is 18.7. The molecule has 1 unspecified atom stereocenters. The third-order valence-corrected chi connectivity index (χ3v) is 6.51. The molecule has 0 bridgehead atoms. The fraction of sp³-hybridized carbons (Fsp3) is 0.318. The van der Waals surface area contributed by atoms with Gasteiger partial charge in [0.1, 0.15) is 0 Å². The van der Waals surface area contributed by atoms with Gasteiger partial charge >= 0.3 is 0 Å².